The molecule has 0 radical (unpaired) electrons. The summed E-state index contributed by atoms with van der Waals surface area (Å²) in [6.07, 6.45) is 1.33. The topological polar surface area (TPSA) is 43.4 Å². The highest BCUT2D eigenvalue weighted by Gasteiger charge is 2.05. The van der Waals surface area contributed by atoms with Gasteiger partial charge < -0.3 is 9.53 Å². The fraction of sp³-hybridized carbons (Fsp3) is 0.818. The molecule has 0 aromatic heterocycles. The van der Waals surface area contributed by atoms with Crippen molar-refractivity contribution >= 4 is 11.8 Å². The molecule has 1 atom stereocenters. The van der Waals surface area contributed by atoms with Crippen molar-refractivity contribution in [2.24, 2.45) is 5.92 Å². The second-order valence-electron chi connectivity index (χ2n) is 3.14. The molecule has 3 heteroatoms. The highest BCUT2D eigenvalue weighted by Crippen LogP contribution is 2.07. The van der Waals surface area contributed by atoms with E-state index in [0.717, 1.165) is 6.42 Å². The highest BCUT2D eigenvalue weighted by molar-refractivity contribution is 5.75. The van der Waals surface area contributed by atoms with Crippen LogP contribution in [0.1, 0.15) is 47.5 Å². The molecular weight excluding hydrogens is 180 g/mol. The lowest BCUT2D eigenvalue weighted by molar-refractivity contribution is -0.141. The van der Waals surface area contributed by atoms with Crippen molar-refractivity contribution in [2.75, 3.05) is 6.61 Å². The summed E-state index contributed by atoms with van der Waals surface area (Å²) in [6.45, 7) is 9.35. The van der Waals surface area contributed by atoms with E-state index in [1.165, 1.54) is 6.92 Å². The van der Waals surface area contributed by atoms with Gasteiger partial charge in [0.05, 0.1) is 6.61 Å². The highest BCUT2D eigenvalue weighted by atomic mass is 16.5. The molecule has 0 amide bonds. The number of ether oxygens (including phenoxy) is 1. The Hall–Kier alpha value is -0.860. The molecule has 0 bridgehead atoms. The largest absolute Gasteiger partial charge is 0.466 e. The molecule has 0 fully saturated rings. The normalized spacial score (nSPS) is 10.9. The molecule has 3 nitrogen and oxygen atoms in total. The van der Waals surface area contributed by atoms with Crippen molar-refractivity contribution in [1.82, 2.24) is 0 Å². The van der Waals surface area contributed by atoms with Crippen LogP contribution in [0.4, 0.5) is 0 Å². The van der Waals surface area contributed by atoms with Gasteiger partial charge in [-0.05, 0) is 19.3 Å². The van der Waals surface area contributed by atoms with Gasteiger partial charge in [-0.2, -0.15) is 0 Å². The van der Waals surface area contributed by atoms with E-state index >= 15 is 0 Å². The molecule has 0 N–H and O–H groups in total. The lowest BCUT2D eigenvalue weighted by Gasteiger charge is -2.08. The lowest BCUT2D eigenvalue weighted by Crippen LogP contribution is -2.07. The average Bonchev–Trinajstić information content (AvgIpc) is 2.05. The third-order valence-electron chi connectivity index (χ3n) is 1.55. The molecule has 0 aromatic carbocycles. The van der Waals surface area contributed by atoms with Crippen molar-refractivity contribution in [2.45, 2.75) is 47.5 Å². The summed E-state index contributed by atoms with van der Waals surface area (Å²) in [5.41, 5.74) is 0. The molecule has 0 aliphatic heterocycles. The summed E-state index contributed by atoms with van der Waals surface area (Å²) in [6, 6.07) is 0. The Morgan fingerprint density at radius 2 is 1.71 bits per heavy atom. The van der Waals surface area contributed by atoms with Gasteiger partial charge in [-0.1, -0.05) is 20.8 Å². The third kappa shape index (κ3) is 13.7. The van der Waals surface area contributed by atoms with E-state index in [9.17, 15) is 9.59 Å². The van der Waals surface area contributed by atoms with Gasteiger partial charge in [-0.25, -0.2) is 0 Å². The van der Waals surface area contributed by atoms with Crippen LogP contribution in [0.2, 0.25) is 0 Å². The van der Waals surface area contributed by atoms with E-state index in [4.69, 9.17) is 4.74 Å². The zero-order chi connectivity index (χ0) is 11.6. The fourth-order valence-corrected chi connectivity index (χ4v) is 0.997. The first-order valence-corrected chi connectivity index (χ1v) is 5.15. The first kappa shape index (κ1) is 15.6. The van der Waals surface area contributed by atoms with Crippen LogP contribution in [0, 0.1) is 5.92 Å². The second kappa shape index (κ2) is 10.2. The average molecular weight is 202 g/mol. The zero-order valence-corrected chi connectivity index (χ0v) is 9.92. The number of hydrogen-bond donors (Lipinski definition) is 0. The number of carbonyl (C=O) groups excluding carboxylic acids is 2. The quantitative estimate of drug-likeness (QED) is 0.643. The standard InChI is InChI=1S/C9H16O3.C2H6/c1-7(6-8(2)10)4-5-12-9(3)11;1-2/h7H,4-6H2,1-3H3;1-2H3. The Labute approximate surface area is 86.8 Å². The van der Waals surface area contributed by atoms with Gasteiger partial charge in [0.1, 0.15) is 5.78 Å². The summed E-state index contributed by atoms with van der Waals surface area (Å²) in [5, 5.41) is 0. The number of hydrogen-bond acceptors (Lipinski definition) is 3. The molecule has 0 rings (SSSR count). The molecule has 84 valence electrons. The molecule has 0 saturated heterocycles. The summed E-state index contributed by atoms with van der Waals surface area (Å²) >= 11 is 0. The predicted molar refractivity (Wildman–Crippen MR) is 57.1 cm³/mol. The summed E-state index contributed by atoms with van der Waals surface area (Å²) in [4.78, 5) is 21.0. The van der Waals surface area contributed by atoms with Crippen molar-refractivity contribution < 1.29 is 14.3 Å². The Morgan fingerprint density at radius 3 is 2.07 bits per heavy atom. The Bertz CT molecular complexity index is 164. The minimum absolute atomic E-state index is 0.185. The molecule has 1 unspecified atom stereocenters. The van der Waals surface area contributed by atoms with Gasteiger partial charge in [0.2, 0.25) is 0 Å². The predicted octanol–water partition coefficient (Wildman–Crippen LogP) is 2.58. The molecule has 14 heavy (non-hydrogen) atoms. The molecule has 0 saturated carbocycles. The maximum Gasteiger partial charge on any atom is 0.302 e. The maximum atomic E-state index is 10.6. The number of carbonyl (C=O) groups is 2. The third-order valence-corrected chi connectivity index (χ3v) is 1.55. The summed E-state index contributed by atoms with van der Waals surface area (Å²) < 4.78 is 4.74. The summed E-state index contributed by atoms with van der Waals surface area (Å²) in [7, 11) is 0. The van der Waals surface area contributed by atoms with E-state index in [2.05, 4.69) is 0 Å². The SMILES string of the molecule is CC.CC(=O)CC(C)CCOC(C)=O. The molecule has 0 spiro atoms. The number of rotatable bonds is 5. The van der Waals surface area contributed by atoms with Crippen molar-refractivity contribution in [3.05, 3.63) is 0 Å². The van der Waals surface area contributed by atoms with Crippen LogP contribution in [0.3, 0.4) is 0 Å². The van der Waals surface area contributed by atoms with Crippen molar-refractivity contribution in [3.63, 3.8) is 0 Å². The first-order chi connectivity index (χ1) is 6.52. The van der Waals surface area contributed by atoms with E-state index in [0.29, 0.717) is 18.9 Å². The van der Waals surface area contributed by atoms with Gasteiger partial charge in [0.25, 0.3) is 0 Å². The van der Waals surface area contributed by atoms with E-state index in [1.54, 1.807) is 6.92 Å². The second-order valence-corrected chi connectivity index (χ2v) is 3.14. The van der Waals surface area contributed by atoms with Crippen molar-refractivity contribution in [3.8, 4) is 0 Å². The Balaban J connectivity index is 0. The van der Waals surface area contributed by atoms with Crippen LogP contribution in [-0.2, 0) is 14.3 Å². The van der Waals surface area contributed by atoms with Crippen LogP contribution >= 0.6 is 0 Å². The fourth-order valence-electron chi connectivity index (χ4n) is 0.997. The molecule has 0 aliphatic carbocycles. The Kier molecular flexibility index (Phi) is 11.4. The Morgan fingerprint density at radius 1 is 1.21 bits per heavy atom. The molecule has 0 heterocycles. The monoisotopic (exact) mass is 202 g/mol. The van der Waals surface area contributed by atoms with Crippen molar-refractivity contribution in [1.29, 1.82) is 0 Å². The van der Waals surface area contributed by atoms with Gasteiger partial charge in [-0.3, -0.25) is 4.79 Å². The molecule has 0 aliphatic rings. The zero-order valence-electron chi connectivity index (χ0n) is 9.92. The first-order valence-electron chi connectivity index (χ1n) is 5.15. The maximum absolute atomic E-state index is 10.6. The van der Waals surface area contributed by atoms with Crippen LogP contribution in [0.25, 0.3) is 0 Å². The minimum Gasteiger partial charge on any atom is -0.466 e. The number of esters is 1. The molecule has 0 aromatic rings. The smallest absolute Gasteiger partial charge is 0.302 e. The van der Waals surface area contributed by atoms with Gasteiger partial charge in [0, 0.05) is 13.3 Å². The minimum atomic E-state index is -0.259. The molecular formula is C11H22O3. The van der Waals surface area contributed by atoms with Gasteiger partial charge in [-0.15, -0.1) is 0 Å². The lowest BCUT2D eigenvalue weighted by atomic mass is 10.0. The summed E-state index contributed by atoms with van der Waals surface area (Å²) in [5.74, 6) is 0.234. The van der Waals surface area contributed by atoms with Gasteiger partial charge in [0.15, 0.2) is 0 Å². The van der Waals surface area contributed by atoms with Crippen LogP contribution in [0.15, 0.2) is 0 Å². The van der Waals surface area contributed by atoms with Crippen LogP contribution in [0.5, 0.6) is 0 Å². The van der Waals surface area contributed by atoms with E-state index in [1.807, 2.05) is 20.8 Å². The van der Waals surface area contributed by atoms with E-state index in [-0.39, 0.29) is 11.8 Å². The van der Waals surface area contributed by atoms with Crippen LogP contribution < -0.4 is 0 Å². The number of ketones is 1. The number of Topliss-reactive ketones (excluding diaryl/α,β-unsaturated/α-hetero) is 1. The van der Waals surface area contributed by atoms with Crippen LogP contribution in [-0.4, -0.2) is 18.4 Å². The van der Waals surface area contributed by atoms with E-state index < -0.39 is 0 Å². The van der Waals surface area contributed by atoms with Gasteiger partial charge >= 0.3 is 5.97 Å².